The largest absolute Gasteiger partial charge is 0.491 e. The summed E-state index contributed by atoms with van der Waals surface area (Å²) in [5.74, 6) is 0.711. The maximum Gasteiger partial charge on any atom is 0.262 e. The summed E-state index contributed by atoms with van der Waals surface area (Å²) in [5.41, 5.74) is 1.95. The van der Waals surface area contributed by atoms with Crippen LogP contribution in [0.25, 0.3) is 0 Å². The lowest BCUT2D eigenvalue weighted by Crippen LogP contribution is -2.26. The fraction of sp³-hybridized carbons (Fsp3) is 0.250. The normalized spacial score (nSPS) is 11.4. The van der Waals surface area contributed by atoms with E-state index in [1.54, 1.807) is 18.2 Å². The van der Waals surface area contributed by atoms with Crippen molar-refractivity contribution >= 4 is 10.0 Å². The Bertz CT molecular complexity index is 714. The zero-order valence-corrected chi connectivity index (χ0v) is 13.4. The molecule has 2 rings (SSSR count). The van der Waals surface area contributed by atoms with Gasteiger partial charge in [0.2, 0.25) is 0 Å². The van der Waals surface area contributed by atoms with Gasteiger partial charge in [-0.05, 0) is 49.2 Å². The minimum absolute atomic E-state index is 0.110. The Morgan fingerprint density at radius 2 is 1.68 bits per heavy atom. The van der Waals surface area contributed by atoms with E-state index in [2.05, 4.69) is 4.89 Å². The van der Waals surface area contributed by atoms with E-state index >= 15 is 0 Å². The molecule has 2 aromatic rings. The van der Waals surface area contributed by atoms with Crippen molar-refractivity contribution < 1.29 is 18.0 Å². The van der Waals surface area contributed by atoms with Crippen LogP contribution in [0.2, 0.25) is 0 Å². The first-order chi connectivity index (χ1) is 10.5. The van der Waals surface area contributed by atoms with Crippen LogP contribution in [0.4, 0.5) is 0 Å². The molecule has 0 bridgehead atoms. The van der Waals surface area contributed by atoms with Crippen molar-refractivity contribution in [3.05, 3.63) is 59.7 Å². The second-order valence-electron chi connectivity index (χ2n) is 4.84. The highest BCUT2D eigenvalue weighted by molar-refractivity contribution is 7.89. The summed E-state index contributed by atoms with van der Waals surface area (Å²) in [6.45, 7) is 4.15. The van der Waals surface area contributed by atoms with E-state index in [1.807, 2.05) is 44.2 Å². The van der Waals surface area contributed by atoms with E-state index < -0.39 is 10.0 Å². The van der Waals surface area contributed by atoms with Crippen LogP contribution in [0.1, 0.15) is 11.1 Å². The van der Waals surface area contributed by atoms with E-state index in [4.69, 9.17) is 9.57 Å². The lowest BCUT2D eigenvalue weighted by Gasteiger charge is -2.09. The van der Waals surface area contributed by atoms with Crippen LogP contribution in [0.5, 0.6) is 5.75 Å². The summed E-state index contributed by atoms with van der Waals surface area (Å²) in [6.07, 6.45) is 0. The Morgan fingerprint density at radius 3 is 2.36 bits per heavy atom. The van der Waals surface area contributed by atoms with Gasteiger partial charge in [0.25, 0.3) is 10.0 Å². The number of hydrogen-bond donors (Lipinski definition) is 1. The monoisotopic (exact) mass is 321 g/mol. The number of benzene rings is 2. The highest BCUT2D eigenvalue weighted by Gasteiger charge is 2.14. The Labute approximate surface area is 130 Å². The molecule has 2 aromatic carbocycles. The summed E-state index contributed by atoms with van der Waals surface area (Å²) in [5, 5.41) is 0. The second kappa shape index (κ2) is 7.40. The van der Waals surface area contributed by atoms with Gasteiger partial charge in [-0.1, -0.05) is 29.2 Å². The van der Waals surface area contributed by atoms with Crippen LogP contribution in [-0.4, -0.2) is 21.6 Å². The van der Waals surface area contributed by atoms with Crippen molar-refractivity contribution in [3.8, 4) is 5.75 Å². The molecular formula is C16H19NO4S. The molecule has 22 heavy (non-hydrogen) atoms. The van der Waals surface area contributed by atoms with Gasteiger partial charge in [-0.25, -0.2) is 8.42 Å². The quantitative estimate of drug-likeness (QED) is 0.629. The van der Waals surface area contributed by atoms with Gasteiger partial charge in [0, 0.05) is 0 Å². The van der Waals surface area contributed by atoms with Crippen LogP contribution in [0, 0.1) is 13.8 Å². The van der Waals surface area contributed by atoms with Crippen molar-refractivity contribution in [1.82, 2.24) is 4.89 Å². The van der Waals surface area contributed by atoms with E-state index in [0.29, 0.717) is 5.75 Å². The van der Waals surface area contributed by atoms with Gasteiger partial charge in [0.05, 0.1) is 4.90 Å². The third kappa shape index (κ3) is 4.56. The van der Waals surface area contributed by atoms with E-state index in [9.17, 15) is 8.42 Å². The Morgan fingerprint density at radius 1 is 0.955 bits per heavy atom. The molecule has 0 spiro atoms. The van der Waals surface area contributed by atoms with Crippen LogP contribution in [-0.2, 0) is 14.9 Å². The van der Waals surface area contributed by atoms with Gasteiger partial charge in [0.1, 0.15) is 19.0 Å². The molecule has 5 nitrogen and oxygen atoms in total. The van der Waals surface area contributed by atoms with E-state index in [0.717, 1.165) is 11.1 Å². The summed E-state index contributed by atoms with van der Waals surface area (Å²) in [6, 6.07) is 14.2. The highest BCUT2D eigenvalue weighted by atomic mass is 32.2. The maximum atomic E-state index is 12.1. The van der Waals surface area contributed by atoms with Crippen molar-refractivity contribution in [1.29, 1.82) is 0 Å². The average Bonchev–Trinajstić information content (AvgIpc) is 2.50. The van der Waals surface area contributed by atoms with Gasteiger partial charge >= 0.3 is 0 Å². The predicted octanol–water partition coefficient (Wildman–Crippen LogP) is 2.59. The summed E-state index contributed by atoms with van der Waals surface area (Å²) in [7, 11) is -3.67. The molecule has 0 saturated heterocycles. The lowest BCUT2D eigenvalue weighted by molar-refractivity contribution is 0.0665. The molecule has 0 aliphatic rings. The number of ether oxygens (including phenoxy) is 1. The molecular weight excluding hydrogens is 302 g/mol. The van der Waals surface area contributed by atoms with Crippen LogP contribution >= 0.6 is 0 Å². The third-order valence-electron chi connectivity index (χ3n) is 3.15. The first-order valence-electron chi connectivity index (χ1n) is 6.88. The molecule has 0 heterocycles. The number of hydrogen-bond acceptors (Lipinski definition) is 4. The Kier molecular flexibility index (Phi) is 5.54. The molecule has 0 aliphatic heterocycles. The van der Waals surface area contributed by atoms with Crippen LogP contribution in [0.3, 0.4) is 0 Å². The van der Waals surface area contributed by atoms with E-state index in [-0.39, 0.29) is 18.1 Å². The molecule has 0 aromatic heterocycles. The van der Waals surface area contributed by atoms with Gasteiger partial charge in [0.15, 0.2) is 0 Å². The van der Waals surface area contributed by atoms with Gasteiger partial charge in [-0.2, -0.15) is 0 Å². The highest BCUT2D eigenvalue weighted by Crippen LogP contribution is 2.14. The van der Waals surface area contributed by atoms with Gasteiger partial charge in [-0.3, -0.25) is 4.84 Å². The van der Waals surface area contributed by atoms with Crippen molar-refractivity contribution in [2.45, 2.75) is 18.7 Å². The minimum Gasteiger partial charge on any atom is -0.491 e. The molecule has 6 heteroatoms. The molecule has 118 valence electrons. The number of rotatable bonds is 7. The topological polar surface area (TPSA) is 64.6 Å². The minimum atomic E-state index is -3.67. The molecule has 0 amide bonds. The Hall–Kier alpha value is -1.89. The molecule has 1 N–H and O–H groups in total. The lowest BCUT2D eigenvalue weighted by atomic mass is 10.1. The SMILES string of the molecule is Cc1ccc(S(=O)(=O)NOCCOc2ccccc2)cc1C. The number of para-hydroxylation sites is 1. The fourth-order valence-electron chi connectivity index (χ4n) is 1.77. The third-order valence-corrected chi connectivity index (χ3v) is 4.37. The first kappa shape index (κ1) is 16.5. The van der Waals surface area contributed by atoms with E-state index in [1.165, 1.54) is 0 Å². The van der Waals surface area contributed by atoms with Crippen molar-refractivity contribution in [2.75, 3.05) is 13.2 Å². The smallest absolute Gasteiger partial charge is 0.262 e. The zero-order valence-electron chi connectivity index (χ0n) is 12.6. The number of nitrogens with one attached hydrogen (secondary N) is 1. The van der Waals surface area contributed by atoms with Crippen molar-refractivity contribution in [2.24, 2.45) is 0 Å². The first-order valence-corrected chi connectivity index (χ1v) is 8.36. The van der Waals surface area contributed by atoms with Gasteiger partial charge in [-0.15, -0.1) is 0 Å². The molecule has 0 atom stereocenters. The Balaban J connectivity index is 1.81. The number of aryl methyl sites for hydroxylation is 2. The fourth-order valence-corrected chi connectivity index (χ4v) is 2.68. The summed E-state index contributed by atoms with van der Waals surface area (Å²) in [4.78, 5) is 7.26. The second-order valence-corrected chi connectivity index (χ2v) is 6.49. The average molecular weight is 321 g/mol. The maximum absolute atomic E-state index is 12.1. The predicted molar refractivity (Wildman–Crippen MR) is 84.1 cm³/mol. The zero-order chi connectivity index (χ0) is 16.0. The molecule has 0 aliphatic carbocycles. The molecule has 0 unspecified atom stereocenters. The molecule has 0 fully saturated rings. The van der Waals surface area contributed by atoms with Gasteiger partial charge < -0.3 is 4.74 Å². The summed E-state index contributed by atoms with van der Waals surface area (Å²) >= 11 is 0. The van der Waals surface area contributed by atoms with Crippen LogP contribution < -0.4 is 9.62 Å². The van der Waals surface area contributed by atoms with Crippen molar-refractivity contribution in [3.63, 3.8) is 0 Å². The van der Waals surface area contributed by atoms with Crippen LogP contribution in [0.15, 0.2) is 53.4 Å². The number of sulfonamides is 1. The standard InChI is InChI=1S/C16H19NO4S/c1-13-8-9-16(12-14(13)2)22(18,19)17-21-11-10-20-15-6-4-3-5-7-15/h3-9,12,17H,10-11H2,1-2H3. The molecule has 0 saturated carbocycles. The molecule has 0 radical (unpaired) electrons. The summed E-state index contributed by atoms with van der Waals surface area (Å²) < 4.78 is 29.5.